The Labute approximate surface area is 111 Å². The summed E-state index contributed by atoms with van der Waals surface area (Å²) in [4.78, 5) is 23.6. The molecule has 0 aliphatic carbocycles. The van der Waals surface area contributed by atoms with E-state index in [1.54, 1.807) is 54.3 Å². The summed E-state index contributed by atoms with van der Waals surface area (Å²) >= 11 is 0. The van der Waals surface area contributed by atoms with E-state index in [0.29, 0.717) is 11.3 Å². The number of para-hydroxylation sites is 1. The van der Waals surface area contributed by atoms with Crippen LogP contribution in [-0.2, 0) is 4.79 Å². The lowest BCUT2D eigenvalue weighted by atomic mass is 10.1. The van der Waals surface area contributed by atoms with Gasteiger partial charge in [0.05, 0.1) is 5.69 Å². The highest BCUT2D eigenvalue weighted by atomic mass is 16.2. The molecule has 0 saturated heterocycles. The van der Waals surface area contributed by atoms with Crippen LogP contribution in [0.3, 0.4) is 0 Å². The Kier molecular flexibility index (Phi) is 3.75. The fourth-order valence-electron chi connectivity index (χ4n) is 1.77. The van der Waals surface area contributed by atoms with Crippen LogP contribution in [0.5, 0.6) is 0 Å². The molecule has 0 aliphatic heterocycles. The maximum atomic E-state index is 12.1. The second-order valence-electron chi connectivity index (χ2n) is 4.25. The molecule has 5 nitrogen and oxygen atoms in total. The van der Waals surface area contributed by atoms with Gasteiger partial charge in [0.2, 0.25) is 5.91 Å². The van der Waals surface area contributed by atoms with Gasteiger partial charge in [0, 0.05) is 18.0 Å². The average Bonchev–Trinajstić information content (AvgIpc) is 2.92. The van der Waals surface area contributed by atoms with Crippen molar-refractivity contribution in [2.45, 2.75) is 19.9 Å². The Morgan fingerprint density at radius 3 is 2.63 bits per heavy atom. The number of hydrogen-bond acceptors (Lipinski definition) is 3. The number of carbonyl (C=O) groups is 2. The predicted molar refractivity (Wildman–Crippen MR) is 72.0 cm³/mol. The monoisotopic (exact) mass is 257 g/mol. The molecule has 1 amide bonds. The molecule has 0 radical (unpaired) electrons. The van der Waals surface area contributed by atoms with Crippen LogP contribution in [0.2, 0.25) is 0 Å². The van der Waals surface area contributed by atoms with E-state index in [2.05, 4.69) is 10.4 Å². The number of nitrogens with zero attached hydrogens (tertiary/aromatic N) is 2. The van der Waals surface area contributed by atoms with Gasteiger partial charge >= 0.3 is 0 Å². The molecule has 2 rings (SSSR count). The molecule has 5 heteroatoms. The van der Waals surface area contributed by atoms with Gasteiger partial charge in [-0.2, -0.15) is 5.10 Å². The van der Waals surface area contributed by atoms with E-state index in [1.165, 1.54) is 6.92 Å². The van der Waals surface area contributed by atoms with Gasteiger partial charge in [0.1, 0.15) is 6.04 Å². The third-order valence-corrected chi connectivity index (χ3v) is 2.87. The van der Waals surface area contributed by atoms with E-state index in [9.17, 15) is 9.59 Å². The zero-order chi connectivity index (χ0) is 13.8. The smallest absolute Gasteiger partial charge is 0.248 e. The van der Waals surface area contributed by atoms with Gasteiger partial charge in [0.25, 0.3) is 0 Å². The molecular formula is C14H15N3O2. The minimum absolute atomic E-state index is 0.0809. The third-order valence-electron chi connectivity index (χ3n) is 2.87. The van der Waals surface area contributed by atoms with E-state index in [4.69, 9.17) is 0 Å². The summed E-state index contributed by atoms with van der Waals surface area (Å²) in [6, 6.07) is 8.27. The standard InChI is InChI=1S/C14H15N3O2/c1-10(17-9-5-8-15-17)14(19)16-13-7-4-3-6-12(13)11(2)18/h3-10H,1-2H3,(H,16,19). The first kappa shape index (κ1) is 13.0. The quantitative estimate of drug-likeness (QED) is 0.855. The normalized spacial score (nSPS) is 11.9. The van der Waals surface area contributed by atoms with E-state index in [-0.39, 0.29) is 11.7 Å². The van der Waals surface area contributed by atoms with Gasteiger partial charge in [-0.1, -0.05) is 12.1 Å². The van der Waals surface area contributed by atoms with Crippen LogP contribution in [-0.4, -0.2) is 21.5 Å². The van der Waals surface area contributed by atoms with Crippen LogP contribution in [0.25, 0.3) is 0 Å². The molecule has 0 fully saturated rings. The molecule has 0 saturated carbocycles. The maximum Gasteiger partial charge on any atom is 0.248 e. The minimum atomic E-state index is -0.435. The Bertz CT molecular complexity index is 590. The number of benzene rings is 1. The summed E-state index contributed by atoms with van der Waals surface area (Å²) in [5.74, 6) is -0.292. The number of amides is 1. The summed E-state index contributed by atoms with van der Waals surface area (Å²) in [6.45, 7) is 3.22. The van der Waals surface area contributed by atoms with Crippen LogP contribution < -0.4 is 5.32 Å². The highest BCUT2D eigenvalue weighted by Gasteiger charge is 2.17. The highest BCUT2D eigenvalue weighted by Crippen LogP contribution is 2.17. The first-order chi connectivity index (χ1) is 9.09. The molecule has 1 heterocycles. The first-order valence-electron chi connectivity index (χ1n) is 5.99. The number of ketones is 1. The van der Waals surface area contributed by atoms with Crippen molar-refractivity contribution < 1.29 is 9.59 Å². The molecule has 19 heavy (non-hydrogen) atoms. The van der Waals surface area contributed by atoms with Crippen molar-refractivity contribution in [3.05, 3.63) is 48.3 Å². The first-order valence-corrected chi connectivity index (χ1v) is 5.99. The van der Waals surface area contributed by atoms with E-state index >= 15 is 0 Å². The van der Waals surface area contributed by atoms with Crippen molar-refractivity contribution in [3.63, 3.8) is 0 Å². The lowest BCUT2D eigenvalue weighted by molar-refractivity contribution is -0.119. The second kappa shape index (κ2) is 5.48. The van der Waals surface area contributed by atoms with E-state index in [1.807, 2.05) is 0 Å². The molecule has 1 atom stereocenters. The zero-order valence-corrected chi connectivity index (χ0v) is 10.8. The third kappa shape index (κ3) is 2.88. The van der Waals surface area contributed by atoms with Gasteiger partial charge in [-0.05, 0) is 32.0 Å². The summed E-state index contributed by atoms with van der Waals surface area (Å²) in [5.41, 5.74) is 1.03. The lowest BCUT2D eigenvalue weighted by Crippen LogP contribution is -2.24. The summed E-state index contributed by atoms with van der Waals surface area (Å²) in [6.07, 6.45) is 3.34. The Hall–Kier alpha value is -2.43. The number of anilines is 1. The molecule has 1 aromatic heterocycles. The van der Waals surface area contributed by atoms with Gasteiger partial charge < -0.3 is 5.32 Å². The van der Waals surface area contributed by atoms with Crippen LogP contribution in [0.1, 0.15) is 30.2 Å². The van der Waals surface area contributed by atoms with Crippen LogP contribution in [0.4, 0.5) is 5.69 Å². The fourth-order valence-corrected chi connectivity index (χ4v) is 1.77. The molecule has 0 spiro atoms. The maximum absolute atomic E-state index is 12.1. The number of rotatable bonds is 4. The molecule has 0 aliphatic rings. The van der Waals surface area contributed by atoms with Gasteiger partial charge in [-0.15, -0.1) is 0 Å². The van der Waals surface area contributed by atoms with Crippen LogP contribution in [0.15, 0.2) is 42.7 Å². The number of Topliss-reactive ketones (excluding diaryl/α,β-unsaturated/α-hetero) is 1. The van der Waals surface area contributed by atoms with Crippen LogP contribution >= 0.6 is 0 Å². The minimum Gasteiger partial charge on any atom is -0.324 e. The van der Waals surface area contributed by atoms with E-state index < -0.39 is 6.04 Å². The highest BCUT2D eigenvalue weighted by molar-refractivity contribution is 6.04. The Morgan fingerprint density at radius 2 is 2.00 bits per heavy atom. The summed E-state index contributed by atoms with van der Waals surface area (Å²) < 4.78 is 1.56. The van der Waals surface area contributed by atoms with Crippen molar-refractivity contribution in [1.82, 2.24) is 9.78 Å². The van der Waals surface area contributed by atoms with Crippen molar-refractivity contribution in [2.75, 3.05) is 5.32 Å². The molecule has 1 unspecified atom stereocenters. The predicted octanol–water partition coefficient (Wildman–Crippen LogP) is 2.29. The van der Waals surface area contributed by atoms with Gasteiger partial charge in [-0.3, -0.25) is 14.3 Å². The van der Waals surface area contributed by atoms with Gasteiger partial charge in [0.15, 0.2) is 5.78 Å². The number of hydrogen-bond donors (Lipinski definition) is 1. The zero-order valence-electron chi connectivity index (χ0n) is 10.8. The lowest BCUT2D eigenvalue weighted by Gasteiger charge is -2.14. The largest absolute Gasteiger partial charge is 0.324 e. The topological polar surface area (TPSA) is 64.0 Å². The molecule has 98 valence electrons. The average molecular weight is 257 g/mol. The van der Waals surface area contributed by atoms with Crippen molar-refractivity contribution in [1.29, 1.82) is 0 Å². The SMILES string of the molecule is CC(=O)c1ccccc1NC(=O)C(C)n1cccn1. The van der Waals surface area contributed by atoms with Crippen molar-refractivity contribution in [2.24, 2.45) is 0 Å². The molecule has 1 aromatic carbocycles. The molecular weight excluding hydrogens is 242 g/mol. The molecule has 2 aromatic rings. The summed E-state index contributed by atoms with van der Waals surface area (Å²) in [7, 11) is 0. The number of nitrogens with one attached hydrogen (secondary N) is 1. The Balaban J connectivity index is 2.18. The second-order valence-corrected chi connectivity index (χ2v) is 4.25. The van der Waals surface area contributed by atoms with Crippen molar-refractivity contribution >= 4 is 17.4 Å². The van der Waals surface area contributed by atoms with E-state index in [0.717, 1.165) is 0 Å². The molecule has 0 bridgehead atoms. The number of aromatic nitrogens is 2. The molecule has 1 N–H and O–H groups in total. The fraction of sp³-hybridized carbons (Fsp3) is 0.214. The number of carbonyl (C=O) groups excluding carboxylic acids is 2. The Morgan fingerprint density at radius 1 is 1.26 bits per heavy atom. The summed E-state index contributed by atoms with van der Waals surface area (Å²) in [5, 5.41) is 6.78. The van der Waals surface area contributed by atoms with Gasteiger partial charge in [-0.25, -0.2) is 0 Å². The van der Waals surface area contributed by atoms with Crippen LogP contribution in [0, 0.1) is 0 Å². The van der Waals surface area contributed by atoms with Crippen molar-refractivity contribution in [3.8, 4) is 0 Å².